The van der Waals surface area contributed by atoms with Gasteiger partial charge in [0.25, 0.3) is 0 Å². The molecule has 0 spiro atoms. The highest BCUT2D eigenvalue weighted by Gasteiger charge is 2.39. The van der Waals surface area contributed by atoms with Crippen molar-refractivity contribution in [1.82, 2.24) is 10.3 Å². The van der Waals surface area contributed by atoms with Crippen LogP contribution >= 0.6 is 0 Å². The summed E-state index contributed by atoms with van der Waals surface area (Å²) in [5.74, 6) is 0.818. The van der Waals surface area contributed by atoms with Gasteiger partial charge in [0.05, 0.1) is 5.56 Å². The zero-order valence-corrected chi connectivity index (χ0v) is 12.0. The maximum atomic E-state index is 12.9. The standard InChI is InChI=1S/C15H23N3O/c1-10-6-8-18-14(16)12(10)13(19)15(2,3)11-5-4-7-17-9-11/h6,8,11,17H,4-5,7,9H2,1-3H3,(H2,16,18). The molecule has 1 unspecified atom stereocenters. The Kier molecular flexibility index (Phi) is 3.90. The molecule has 104 valence electrons. The molecule has 1 atom stereocenters. The highest BCUT2D eigenvalue weighted by molar-refractivity contribution is 6.04. The van der Waals surface area contributed by atoms with Crippen LogP contribution in [0.1, 0.15) is 42.6 Å². The SMILES string of the molecule is Cc1ccnc(N)c1C(=O)C(C)(C)C1CCCNC1. The molecular formula is C15H23N3O. The van der Waals surface area contributed by atoms with Crippen LogP contribution in [0.3, 0.4) is 0 Å². The fraction of sp³-hybridized carbons (Fsp3) is 0.600. The highest BCUT2D eigenvalue weighted by atomic mass is 16.1. The lowest BCUT2D eigenvalue weighted by molar-refractivity contribution is 0.0708. The molecule has 1 aromatic heterocycles. The molecule has 3 N–H and O–H groups in total. The maximum Gasteiger partial charge on any atom is 0.172 e. The molecule has 4 heteroatoms. The lowest BCUT2D eigenvalue weighted by atomic mass is 9.70. The molecule has 1 aliphatic heterocycles. The van der Waals surface area contributed by atoms with Crippen molar-refractivity contribution in [3.63, 3.8) is 0 Å². The van der Waals surface area contributed by atoms with Crippen molar-refractivity contribution >= 4 is 11.6 Å². The molecule has 0 saturated carbocycles. The van der Waals surface area contributed by atoms with Crippen LogP contribution in [-0.4, -0.2) is 23.9 Å². The molecule has 2 heterocycles. The topological polar surface area (TPSA) is 68.0 Å². The molecule has 0 aliphatic carbocycles. The average molecular weight is 261 g/mol. The van der Waals surface area contributed by atoms with E-state index in [0.717, 1.165) is 31.5 Å². The molecule has 4 nitrogen and oxygen atoms in total. The summed E-state index contributed by atoms with van der Waals surface area (Å²) in [7, 11) is 0. The fourth-order valence-corrected chi connectivity index (χ4v) is 2.85. The summed E-state index contributed by atoms with van der Waals surface area (Å²) in [6.45, 7) is 7.92. The van der Waals surface area contributed by atoms with Gasteiger partial charge in [0.15, 0.2) is 5.78 Å². The number of nitrogen functional groups attached to an aromatic ring is 1. The van der Waals surface area contributed by atoms with E-state index in [1.807, 2.05) is 26.8 Å². The van der Waals surface area contributed by atoms with Gasteiger partial charge in [-0.05, 0) is 50.4 Å². The van der Waals surface area contributed by atoms with E-state index in [4.69, 9.17) is 5.73 Å². The quantitative estimate of drug-likeness (QED) is 0.818. The Morgan fingerprint density at radius 3 is 2.84 bits per heavy atom. The number of nitrogens with two attached hydrogens (primary N) is 1. The molecule has 0 amide bonds. The predicted octanol–water partition coefficient (Wildman–Crippen LogP) is 2.18. The first-order valence-electron chi connectivity index (χ1n) is 6.91. The van der Waals surface area contributed by atoms with Crippen LogP contribution in [-0.2, 0) is 0 Å². The van der Waals surface area contributed by atoms with Gasteiger partial charge >= 0.3 is 0 Å². The van der Waals surface area contributed by atoms with E-state index in [1.165, 1.54) is 0 Å². The fourth-order valence-electron chi connectivity index (χ4n) is 2.85. The maximum absolute atomic E-state index is 12.9. The summed E-state index contributed by atoms with van der Waals surface area (Å²) in [6, 6.07) is 1.85. The summed E-state index contributed by atoms with van der Waals surface area (Å²) < 4.78 is 0. The minimum absolute atomic E-state index is 0.115. The number of Topliss-reactive ketones (excluding diaryl/α,β-unsaturated/α-hetero) is 1. The molecule has 0 radical (unpaired) electrons. The second-order valence-electron chi connectivity index (χ2n) is 5.98. The van der Waals surface area contributed by atoms with Gasteiger partial charge in [-0.1, -0.05) is 13.8 Å². The van der Waals surface area contributed by atoms with E-state index in [1.54, 1.807) is 6.20 Å². The second kappa shape index (κ2) is 5.29. The number of carbonyl (C=O) groups is 1. The van der Waals surface area contributed by atoms with Crippen molar-refractivity contribution in [3.05, 3.63) is 23.4 Å². The van der Waals surface area contributed by atoms with E-state index < -0.39 is 5.41 Å². The van der Waals surface area contributed by atoms with Gasteiger partial charge in [-0.15, -0.1) is 0 Å². The van der Waals surface area contributed by atoms with Crippen molar-refractivity contribution < 1.29 is 4.79 Å². The first kappa shape index (κ1) is 14.0. The number of aromatic nitrogens is 1. The number of pyridine rings is 1. The van der Waals surface area contributed by atoms with Gasteiger partial charge in [0.1, 0.15) is 5.82 Å². The van der Waals surface area contributed by atoms with Gasteiger partial charge in [0, 0.05) is 11.6 Å². The number of ketones is 1. The zero-order valence-electron chi connectivity index (χ0n) is 12.0. The van der Waals surface area contributed by atoms with E-state index in [-0.39, 0.29) is 5.78 Å². The molecule has 1 aliphatic rings. The molecule has 0 bridgehead atoms. The van der Waals surface area contributed by atoms with Crippen LogP contribution in [0.2, 0.25) is 0 Å². The number of nitrogens with one attached hydrogen (secondary N) is 1. The van der Waals surface area contributed by atoms with Crippen LogP contribution < -0.4 is 11.1 Å². The van der Waals surface area contributed by atoms with Crippen LogP contribution in [0.4, 0.5) is 5.82 Å². The van der Waals surface area contributed by atoms with Crippen LogP contribution in [0, 0.1) is 18.3 Å². The van der Waals surface area contributed by atoms with Gasteiger partial charge < -0.3 is 11.1 Å². The molecule has 2 rings (SSSR count). The van der Waals surface area contributed by atoms with Gasteiger partial charge in [-0.2, -0.15) is 0 Å². The van der Waals surface area contributed by atoms with Crippen molar-refractivity contribution in [2.45, 2.75) is 33.6 Å². The number of piperidine rings is 1. The molecular weight excluding hydrogens is 238 g/mol. The Hall–Kier alpha value is -1.42. The number of anilines is 1. The van der Waals surface area contributed by atoms with Crippen molar-refractivity contribution in [3.8, 4) is 0 Å². The zero-order chi connectivity index (χ0) is 14.0. The number of hydrogen-bond acceptors (Lipinski definition) is 4. The number of rotatable bonds is 3. The summed E-state index contributed by atoms with van der Waals surface area (Å²) in [5, 5.41) is 3.38. The van der Waals surface area contributed by atoms with E-state index in [9.17, 15) is 4.79 Å². The molecule has 1 aromatic rings. The van der Waals surface area contributed by atoms with Crippen molar-refractivity contribution in [2.75, 3.05) is 18.8 Å². The molecule has 19 heavy (non-hydrogen) atoms. The average Bonchev–Trinajstić information content (AvgIpc) is 2.39. The predicted molar refractivity (Wildman–Crippen MR) is 77.1 cm³/mol. The lowest BCUT2D eigenvalue weighted by Gasteiger charge is -2.36. The Morgan fingerprint density at radius 2 is 2.26 bits per heavy atom. The summed E-state index contributed by atoms with van der Waals surface area (Å²) in [4.78, 5) is 16.9. The van der Waals surface area contributed by atoms with Crippen molar-refractivity contribution in [1.29, 1.82) is 0 Å². The minimum Gasteiger partial charge on any atom is -0.383 e. The van der Waals surface area contributed by atoms with Crippen LogP contribution in [0.15, 0.2) is 12.3 Å². The third kappa shape index (κ3) is 2.63. The largest absolute Gasteiger partial charge is 0.383 e. The third-order valence-electron chi connectivity index (χ3n) is 4.32. The summed E-state index contributed by atoms with van der Waals surface area (Å²) in [6.07, 6.45) is 3.87. The number of aryl methyl sites for hydroxylation is 1. The third-order valence-corrected chi connectivity index (χ3v) is 4.32. The molecule has 1 fully saturated rings. The van der Waals surface area contributed by atoms with Crippen molar-refractivity contribution in [2.24, 2.45) is 11.3 Å². The smallest absolute Gasteiger partial charge is 0.172 e. The Morgan fingerprint density at radius 1 is 1.53 bits per heavy atom. The molecule has 1 saturated heterocycles. The Bertz CT molecular complexity index is 456. The highest BCUT2D eigenvalue weighted by Crippen LogP contribution is 2.36. The number of carbonyl (C=O) groups excluding carboxylic acids is 1. The molecule has 0 aromatic carbocycles. The van der Waals surface area contributed by atoms with Crippen LogP contribution in [0.5, 0.6) is 0 Å². The van der Waals surface area contributed by atoms with Gasteiger partial charge in [0.2, 0.25) is 0 Å². The lowest BCUT2D eigenvalue weighted by Crippen LogP contribution is -2.43. The Balaban J connectivity index is 2.31. The first-order chi connectivity index (χ1) is 8.94. The minimum atomic E-state index is -0.407. The second-order valence-corrected chi connectivity index (χ2v) is 5.98. The number of nitrogens with zero attached hydrogens (tertiary/aromatic N) is 1. The van der Waals surface area contributed by atoms with Gasteiger partial charge in [-0.25, -0.2) is 4.98 Å². The Labute approximate surface area is 114 Å². The van der Waals surface area contributed by atoms with E-state index in [0.29, 0.717) is 17.3 Å². The van der Waals surface area contributed by atoms with E-state index >= 15 is 0 Å². The monoisotopic (exact) mass is 261 g/mol. The summed E-state index contributed by atoms with van der Waals surface area (Å²) in [5.41, 5.74) is 7.00. The number of hydrogen-bond donors (Lipinski definition) is 2. The normalized spacial score (nSPS) is 20.3. The van der Waals surface area contributed by atoms with E-state index in [2.05, 4.69) is 10.3 Å². The first-order valence-corrected chi connectivity index (χ1v) is 6.91. The van der Waals surface area contributed by atoms with Crippen LogP contribution in [0.25, 0.3) is 0 Å². The van der Waals surface area contributed by atoms with Gasteiger partial charge in [-0.3, -0.25) is 4.79 Å². The summed E-state index contributed by atoms with van der Waals surface area (Å²) >= 11 is 0.